The molecule has 0 aliphatic carbocycles. The fourth-order valence-electron chi connectivity index (χ4n) is 1.73. The summed E-state index contributed by atoms with van der Waals surface area (Å²) in [7, 11) is 0. The summed E-state index contributed by atoms with van der Waals surface area (Å²) in [6, 6.07) is 1.94. The second-order valence-electron chi connectivity index (χ2n) is 3.97. The normalized spacial score (nSPS) is 20.6. The molecule has 0 spiro atoms. The molecule has 1 unspecified atom stereocenters. The van der Waals surface area contributed by atoms with E-state index < -0.39 is 0 Å². The lowest BCUT2D eigenvalue weighted by molar-refractivity contribution is -0.121. The van der Waals surface area contributed by atoms with E-state index in [9.17, 15) is 4.79 Å². The highest BCUT2D eigenvalue weighted by atomic mass is 32.2. The third-order valence-corrected chi connectivity index (χ3v) is 3.57. The molecule has 0 saturated carbocycles. The van der Waals surface area contributed by atoms with Crippen LogP contribution in [0, 0.1) is 13.8 Å². The summed E-state index contributed by atoms with van der Waals surface area (Å²) in [5.74, 6) is 0.110. The molecule has 4 nitrogen and oxygen atoms in total. The van der Waals surface area contributed by atoms with Crippen LogP contribution in [-0.4, -0.2) is 27.7 Å². The SMILES string of the molecule is Cc1cc(C)nc(SC2CCCNC2=O)n1. The van der Waals surface area contributed by atoms with Crippen LogP contribution in [-0.2, 0) is 4.79 Å². The molecule has 1 saturated heterocycles. The van der Waals surface area contributed by atoms with E-state index in [1.165, 1.54) is 11.8 Å². The highest BCUT2D eigenvalue weighted by Crippen LogP contribution is 2.25. The first-order valence-corrected chi connectivity index (χ1v) is 6.30. The van der Waals surface area contributed by atoms with Crippen LogP contribution in [0.5, 0.6) is 0 Å². The van der Waals surface area contributed by atoms with E-state index in [2.05, 4.69) is 15.3 Å². The van der Waals surface area contributed by atoms with Crippen molar-refractivity contribution < 1.29 is 4.79 Å². The Morgan fingerprint density at radius 3 is 2.69 bits per heavy atom. The maximum absolute atomic E-state index is 11.6. The topological polar surface area (TPSA) is 54.9 Å². The zero-order valence-electron chi connectivity index (χ0n) is 9.49. The Labute approximate surface area is 99.3 Å². The molecule has 2 heterocycles. The van der Waals surface area contributed by atoms with E-state index in [-0.39, 0.29) is 11.2 Å². The molecular weight excluding hydrogens is 222 g/mol. The molecule has 1 aliphatic rings. The summed E-state index contributed by atoms with van der Waals surface area (Å²) in [4.78, 5) is 20.2. The third kappa shape index (κ3) is 2.72. The zero-order valence-corrected chi connectivity index (χ0v) is 10.3. The number of carbonyl (C=O) groups excluding carboxylic acids is 1. The van der Waals surface area contributed by atoms with Crippen LogP contribution >= 0.6 is 11.8 Å². The minimum Gasteiger partial charge on any atom is -0.355 e. The van der Waals surface area contributed by atoms with Crippen LogP contribution in [0.1, 0.15) is 24.2 Å². The lowest BCUT2D eigenvalue weighted by Gasteiger charge is -2.20. The number of amides is 1. The summed E-state index contributed by atoms with van der Waals surface area (Å²) in [6.45, 7) is 4.68. The van der Waals surface area contributed by atoms with Crippen LogP contribution < -0.4 is 5.32 Å². The van der Waals surface area contributed by atoms with E-state index >= 15 is 0 Å². The van der Waals surface area contributed by atoms with Gasteiger partial charge in [0.05, 0.1) is 5.25 Å². The van der Waals surface area contributed by atoms with Crippen molar-refractivity contribution in [2.45, 2.75) is 37.1 Å². The number of thioether (sulfide) groups is 1. The minimum atomic E-state index is -0.0325. The van der Waals surface area contributed by atoms with Crippen LogP contribution in [0.4, 0.5) is 0 Å². The number of nitrogens with zero attached hydrogens (tertiary/aromatic N) is 2. The van der Waals surface area contributed by atoms with Crippen molar-refractivity contribution in [3.05, 3.63) is 17.5 Å². The molecule has 86 valence electrons. The fraction of sp³-hybridized carbons (Fsp3) is 0.545. The summed E-state index contributed by atoms with van der Waals surface area (Å²) in [5, 5.41) is 3.54. The van der Waals surface area contributed by atoms with E-state index in [1.54, 1.807) is 0 Å². The van der Waals surface area contributed by atoms with Gasteiger partial charge in [-0.1, -0.05) is 11.8 Å². The van der Waals surface area contributed by atoms with Crippen molar-refractivity contribution in [1.82, 2.24) is 15.3 Å². The average molecular weight is 237 g/mol. The number of aromatic nitrogens is 2. The monoisotopic (exact) mass is 237 g/mol. The van der Waals surface area contributed by atoms with Crippen LogP contribution in [0.15, 0.2) is 11.2 Å². The molecule has 1 atom stereocenters. The predicted octanol–water partition coefficient (Wildman–Crippen LogP) is 1.46. The molecule has 0 radical (unpaired) electrons. The van der Waals surface area contributed by atoms with Gasteiger partial charge in [-0.2, -0.15) is 0 Å². The summed E-state index contributed by atoms with van der Waals surface area (Å²) < 4.78 is 0. The number of piperidine rings is 1. The van der Waals surface area contributed by atoms with E-state index in [0.29, 0.717) is 5.16 Å². The molecule has 5 heteroatoms. The number of hydrogen-bond acceptors (Lipinski definition) is 4. The quantitative estimate of drug-likeness (QED) is 0.791. The maximum Gasteiger partial charge on any atom is 0.233 e. The fourth-order valence-corrected chi connectivity index (χ4v) is 2.85. The Hall–Kier alpha value is -1.10. The standard InChI is InChI=1S/C11H15N3OS/c1-7-6-8(2)14-11(13-7)16-9-4-3-5-12-10(9)15/h6,9H,3-5H2,1-2H3,(H,12,15). The van der Waals surface area contributed by atoms with Gasteiger partial charge in [-0.05, 0) is 32.8 Å². The second kappa shape index (κ2) is 4.82. The van der Waals surface area contributed by atoms with Crippen molar-refractivity contribution in [1.29, 1.82) is 0 Å². The molecule has 1 amide bonds. The van der Waals surface area contributed by atoms with Gasteiger partial charge in [0.1, 0.15) is 0 Å². The number of nitrogens with one attached hydrogen (secondary N) is 1. The van der Waals surface area contributed by atoms with Gasteiger partial charge in [0.25, 0.3) is 0 Å². The van der Waals surface area contributed by atoms with Crippen LogP contribution in [0.2, 0.25) is 0 Å². The molecule has 1 aliphatic heterocycles. The lowest BCUT2D eigenvalue weighted by atomic mass is 10.1. The Morgan fingerprint density at radius 2 is 2.06 bits per heavy atom. The van der Waals surface area contributed by atoms with Crippen LogP contribution in [0.25, 0.3) is 0 Å². The van der Waals surface area contributed by atoms with E-state index in [4.69, 9.17) is 0 Å². The van der Waals surface area contributed by atoms with Gasteiger partial charge in [-0.3, -0.25) is 4.79 Å². The van der Waals surface area contributed by atoms with Gasteiger partial charge in [-0.15, -0.1) is 0 Å². The largest absolute Gasteiger partial charge is 0.355 e. The molecule has 0 bridgehead atoms. The Morgan fingerprint density at radius 1 is 1.38 bits per heavy atom. The number of rotatable bonds is 2. The van der Waals surface area contributed by atoms with E-state index in [0.717, 1.165) is 30.8 Å². The summed E-state index contributed by atoms with van der Waals surface area (Å²) >= 11 is 1.47. The number of carbonyl (C=O) groups is 1. The lowest BCUT2D eigenvalue weighted by Crippen LogP contribution is -2.38. The van der Waals surface area contributed by atoms with Gasteiger partial charge >= 0.3 is 0 Å². The molecular formula is C11H15N3OS. The molecule has 1 N–H and O–H groups in total. The van der Waals surface area contributed by atoms with Crippen LogP contribution in [0.3, 0.4) is 0 Å². The highest BCUT2D eigenvalue weighted by Gasteiger charge is 2.24. The summed E-state index contributed by atoms with van der Waals surface area (Å²) in [6.07, 6.45) is 1.95. The highest BCUT2D eigenvalue weighted by molar-refractivity contribution is 8.00. The maximum atomic E-state index is 11.6. The molecule has 1 aromatic rings. The average Bonchev–Trinajstić information content (AvgIpc) is 2.20. The van der Waals surface area contributed by atoms with Gasteiger partial charge in [-0.25, -0.2) is 9.97 Å². The Bertz CT molecular complexity index is 388. The smallest absolute Gasteiger partial charge is 0.233 e. The van der Waals surface area contributed by atoms with Crippen molar-refractivity contribution >= 4 is 17.7 Å². The number of aryl methyl sites for hydroxylation is 2. The Balaban J connectivity index is 2.10. The first-order chi connectivity index (χ1) is 7.65. The predicted molar refractivity (Wildman–Crippen MR) is 63.4 cm³/mol. The van der Waals surface area contributed by atoms with Gasteiger partial charge in [0.2, 0.25) is 5.91 Å². The first-order valence-electron chi connectivity index (χ1n) is 5.42. The van der Waals surface area contributed by atoms with Crippen molar-refractivity contribution in [2.75, 3.05) is 6.54 Å². The molecule has 1 fully saturated rings. The summed E-state index contributed by atoms with van der Waals surface area (Å²) in [5.41, 5.74) is 1.90. The molecule has 2 rings (SSSR count). The first kappa shape index (κ1) is 11.4. The van der Waals surface area contributed by atoms with Crippen molar-refractivity contribution in [3.8, 4) is 0 Å². The molecule has 16 heavy (non-hydrogen) atoms. The third-order valence-electron chi connectivity index (χ3n) is 2.44. The zero-order chi connectivity index (χ0) is 11.5. The van der Waals surface area contributed by atoms with Gasteiger partial charge < -0.3 is 5.32 Å². The van der Waals surface area contributed by atoms with Gasteiger partial charge in [0, 0.05) is 17.9 Å². The van der Waals surface area contributed by atoms with Gasteiger partial charge in [0.15, 0.2) is 5.16 Å². The molecule has 1 aromatic heterocycles. The second-order valence-corrected chi connectivity index (χ2v) is 5.14. The Kier molecular flexibility index (Phi) is 3.43. The van der Waals surface area contributed by atoms with E-state index in [1.807, 2.05) is 19.9 Å². The van der Waals surface area contributed by atoms with Crippen molar-refractivity contribution in [3.63, 3.8) is 0 Å². The number of hydrogen-bond donors (Lipinski definition) is 1. The minimum absolute atomic E-state index is 0.0325. The molecule has 0 aromatic carbocycles. The van der Waals surface area contributed by atoms with Crippen molar-refractivity contribution in [2.24, 2.45) is 0 Å².